The molecule has 0 spiro atoms. The highest BCUT2D eigenvalue weighted by molar-refractivity contribution is 5.74. The first-order valence-corrected chi connectivity index (χ1v) is 8.58. The van der Waals surface area contributed by atoms with E-state index in [2.05, 4.69) is 26.2 Å². The van der Waals surface area contributed by atoms with Crippen LogP contribution in [0.2, 0.25) is 0 Å². The minimum atomic E-state index is -0.108. The van der Waals surface area contributed by atoms with Crippen LogP contribution in [0.4, 0.5) is 4.79 Å². The SMILES string of the molecule is N#CC1CCCN(C(=O)NCc2nncn2C2CCCCC2)C1. The van der Waals surface area contributed by atoms with Crippen molar-refractivity contribution in [3.63, 3.8) is 0 Å². The number of nitrogens with zero attached hydrogens (tertiary/aromatic N) is 5. The van der Waals surface area contributed by atoms with Crippen LogP contribution in [0.25, 0.3) is 0 Å². The van der Waals surface area contributed by atoms with Crippen LogP contribution in [0.5, 0.6) is 0 Å². The molecule has 1 aliphatic heterocycles. The average Bonchev–Trinajstić information content (AvgIpc) is 3.09. The summed E-state index contributed by atoms with van der Waals surface area (Å²) in [5, 5.41) is 20.1. The summed E-state index contributed by atoms with van der Waals surface area (Å²) in [4.78, 5) is 14.0. The lowest BCUT2D eigenvalue weighted by molar-refractivity contribution is 0.175. The van der Waals surface area contributed by atoms with Crippen molar-refractivity contribution in [1.82, 2.24) is 25.0 Å². The normalized spacial score (nSPS) is 22.6. The first-order chi connectivity index (χ1) is 11.3. The van der Waals surface area contributed by atoms with Crippen molar-refractivity contribution in [2.45, 2.75) is 57.5 Å². The standard InChI is InChI=1S/C16H24N6O/c17-9-13-5-4-8-21(11-13)16(23)18-10-15-20-19-12-22(15)14-6-2-1-3-7-14/h12-14H,1-8,10-11H2,(H,18,23). The van der Waals surface area contributed by atoms with Gasteiger partial charge < -0.3 is 14.8 Å². The second-order valence-corrected chi connectivity index (χ2v) is 6.52. The number of carbonyl (C=O) groups is 1. The Morgan fingerprint density at radius 3 is 2.91 bits per heavy atom. The molecule has 2 fully saturated rings. The van der Waals surface area contributed by atoms with Crippen molar-refractivity contribution in [2.24, 2.45) is 5.92 Å². The number of rotatable bonds is 3. The van der Waals surface area contributed by atoms with Gasteiger partial charge in [-0.15, -0.1) is 10.2 Å². The number of carbonyl (C=O) groups excluding carboxylic acids is 1. The molecule has 2 aliphatic rings. The van der Waals surface area contributed by atoms with Gasteiger partial charge in [-0.1, -0.05) is 19.3 Å². The zero-order valence-electron chi connectivity index (χ0n) is 13.4. The quantitative estimate of drug-likeness (QED) is 0.926. The molecule has 2 amide bonds. The molecule has 3 rings (SSSR count). The third-order valence-electron chi connectivity index (χ3n) is 4.90. The summed E-state index contributed by atoms with van der Waals surface area (Å²) in [6, 6.07) is 2.62. The van der Waals surface area contributed by atoms with Crippen molar-refractivity contribution in [1.29, 1.82) is 5.26 Å². The topological polar surface area (TPSA) is 86.8 Å². The first kappa shape index (κ1) is 15.8. The summed E-state index contributed by atoms with van der Waals surface area (Å²) in [6.45, 7) is 1.64. The van der Waals surface area contributed by atoms with Crippen LogP contribution >= 0.6 is 0 Å². The summed E-state index contributed by atoms with van der Waals surface area (Å²) in [6.07, 6.45) is 9.68. The maximum absolute atomic E-state index is 12.3. The molecular weight excluding hydrogens is 292 g/mol. The zero-order chi connectivity index (χ0) is 16.1. The van der Waals surface area contributed by atoms with Crippen molar-refractivity contribution in [3.8, 4) is 6.07 Å². The number of hydrogen-bond donors (Lipinski definition) is 1. The fourth-order valence-electron chi connectivity index (χ4n) is 3.59. The average molecular weight is 316 g/mol. The molecule has 1 saturated carbocycles. The van der Waals surface area contributed by atoms with E-state index in [1.54, 1.807) is 11.2 Å². The highest BCUT2D eigenvalue weighted by Crippen LogP contribution is 2.28. The molecule has 23 heavy (non-hydrogen) atoms. The van der Waals surface area contributed by atoms with E-state index >= 15 is 0 Å². The number of likely N-dealkylation sites (tertiary alicyclic amines) is 1. The van der Waals surface area contributed by atoms with Crippen molar-refractivity contribution >= 4 is 6.03 Å². The molecule has 7 nitrogen and oxygen atoms in total. The van der Waals surface area contributed by atoms with Gasteiger partial charge in [-0.2, -0.15) is 5.26 Å². The van der Waals surface area contributed by atoms with Crippen LogP contribution in [-0.2, 0) is 6.54 Å². The number of urea groups is 1. The van der Waals surface area contributed by atoms with E-state index in [0.29, 0.717) is 19.1 Å². The summed E-state index contributed by atoms with van der Waals surface area (Å²) >= 11 is 0. The fraction of sp³-hybridized carbons (Fsp3) is 0.750. The Balaban J connectivity index is 1.55. The zero-order valence-corrected chi connectivity index (χ0v) is 13.4. The second kappa shape index (κ2) is 7.44. The van der Waals surface area contributed by atoms with Crippen LogP contribution in [0.1, 0.15) is 56.8 Å². The monoisotopic (exact) mass is 316 g/mol. The number of hydrogen-bond acceptors (Lipinski definition) is 4. The molecule has 1 aromatic heterocycles. The van der Waals surface area contributed by atoms with Crippen LogP contribution < -0.4 is 5.32 Å². The largest absolute Gasteiger partial charge is 0.331 e. The van der Waals surface area contributed by atoms with Crippen molar-refractivity contribution in [2.75, 3.05) is 13.1 Å². The van der Waals surface area contributed by atoms with Gasteiger partial charge in [0.2, 0.25) is 0 Å². The molecule has 1 atom stereocenters. The van der Waals surface area contributed by atoms with E-state index in [0.717, 1.165) is 38.1 Å². The van der Waals surface area contributed by atoms with Gasteiger partial charge in [0.1, 0.15) is 6.33 Å². The third kappa shape index (κ3) is 3.81. The van der Waals surface area contributed by atoms with E-state index in [1.165, 1.54) is 19.3 Å². The van der Waals surface area contributed by atoms with Gasteiger partial charge >= 0.3 is 6.03 Å². The lowest BCUT2D eigenvalue weighted by atomic mass is 9.95. The molecule has 0 radical (unpaired) electrons. The molecular formula is C16H24N6O. The van der Waals surface area contributed by atoms with E-state index < -0.39 is 0 Å². The molecule has 1 N–H and O–H groups in total. The number of piperidine rings is 1. The van der Waals surface area contributed by atoms with Crippen molar-refractivity contribution < 1.29 is 4.79 Å². The molecule has 2 heterocycles. The van der Waals surface area contributed by atoms with Gasteiger partial charge in [0.05, 0.1) is 18.5 Å². The Hall–Kier alpha value is -2.10. The van der Waals surface area contributed by atoms with E-state index in [9.17, 15) is 4.79 Å². The molecule has 124 valence electrons. The molecule has 1 aromatic rings. The van der Waals surface area contributed by atoms with Gasteiger partial charge in [0, 0.05) is 19.1 Å². The van der Waals surface area contributed by atoms with E-state index in [4.69, 9.17) is 5.26 Å². The number of aromatic nitrogens is 3. The Morgan fingerprint density at radius 1 is 1.30 bits per heavy atom. The molecule has 0 bridgehead atoms. The smallest absolute Gasteiger partial charge is 0.317 e. The number of nitriles is 1. The van der Waals surface area contributed by atoms with Gasteiger partial charge in [0.25, 0.3) is 0 Å². The Kier molecular flexibility index (Phi) is 5.11. The van der Waals surface area contributed by atoms with Crippen molar-refractivity contribution in [3.05, 3.63) is 12.2 Å². The van der Waals surface area contributed by atoms with Gasteiger partial charge in [0.15, 0.2) is 5.82 Å². The summed E-state index contributed by atoms with van der Waals surface area (Å²) in [7, 11) is 0. The van der Waals surface area contributed by atoms with Crippen LogP contribution in [0.15, 0.2) is 6.33 Å². The van der Waals surface area contributed by atoms with E-state index in [-0.39, 0.29) is 11.9 Å². The molecule has 7 heteroatoms. The van der Waals surface area contributed by atoms with E-state index in [1.807, 2.05) is 0 Å². The molecule has 1 saturated heterocycles. The highest BCUT2D eigenvalue weighted by atomic mass is 16.2. The number of nitrogens with one attached hydrogen (secondary N) is 1. The molecule has 0 aromatic carbocycles. The van der Waals surface area contributed by atoms with Gasteiger partial charge in [-0.25, -0.2) is 4.79 Å². The maximum atomic E-state index is 12.3. The fourth-order valence-corrected chi connectivity index (χ4v) is 3.59. The maximum Gasteiger partial charge on any atom is 0.317 e. The minimum Gasteiger partial charge on any atom is -0.331 e. The summed E-state index contributed by atoms with van der Waals surface area (Å²) in [5.41, 5.74) is 0. The lowest BCUT2D eigenvalue weighted by Gasteiger charge is -2.29. The van der Waals surface area contributed by atoms with Crippen LogP contribution in [-0.4, -0.2) is 38.8 Å². The molecule has 1 aliphatic carbocycles. The number of amides is 2. The Labute approximate surface area is 136 Å². The second-order valence-electron chi connectivity index (χ2n) is 6.52. The third-order valence-corrected chi connectivity index (χ3v) is 4.90. The predicted molar refractivity (Wildman–Crippen MR) is 84.3 cm³/mol. The minimum absolute atomic E-state index is 0.0413. The predicted octanol–water partition coefficient (Wildman–Crippen LogP) is 2.23. The lowest BCUT2D eigenvalue weighted by Crippen LogP contribution is -2.45. The Bertz CT molecular complexity index is 571. The summed E-state index contributed by atoms with van der Waals surface area (Å²) < 4.78 is 2.12. The van der Waals surface area contributed by atoms with Gasteiger partial charge in [-0.3, -0.25) is 0 Å². The highest BCUT2D eigenvalue weighted by Gasteiger charge is 2.24. The van der Waals surface area contributed by atoms with Crippen LogP contribution in [0, 0.1) is 17.2 Å². The Morgan fingerprint density at radius 2 is 2.13 bits per heavy atom. The first-order valence-electron chi connectivity index (χ1n) is 8.58. The van der Waals surface area contributed by atoms with Gasteiger partial charge in [-0.05, 0) is 25.7 Å². The summed E-state index contributed by atoms with van der Waals surface area (Å²) in [5.74, 6) is 0.777. The van der Waals surface area contributed by atoms with Crippen LogP contribution in [0.3, 0.4) is 0 Å². The molecule has 1 unspecified atom stereocenters.